The van der Waals surface area contributed by atoms with E-state index in [1.165, 1.54) is 48.2 Å². The van der Waals surface area contributed by atoms with Crippen LogP contribution in [0.2, 0.25) is 0 Å². The van der Waals surface area contributed by atoms with E-state index in [2.05, 4.69) is 30.9 Å². The highest BCUT2D eigenvalue weighted by molar-refractivity contribution is 8.01. The Morgan fingerprint density at radius 2 is 1.60 bits per heavy atom. The number of nitrogens with zero attached hydrogens (tertiary/aromatic N) is 3. The zero-order valence-corrected chi connectivity index (χ0v) is 28.3. The lowest BCUT2D eigenvalue weighted by molar-refractivity contribution is -0.139. The first-order chi connectivity index (χ1) is 23.2. The predicted octanol–water partition coefficient (Wildman–Crippen LogP) is 5.18. The van der Waals surface area contributed by atoms with E-state index < -0.39 is 21.8 Å². The van der Waals surface area contributed by atoms with Crippen molar-refractivity contribution in [3.8, 4) is 0 Å². The Labute approximate surface area is 286 Å². The van der Waals surface area contributed by atoms with Crippen molar-refractivity contribution < 1.29 is 22.8 Å². The lowest BCUT2D eigenvalue weighted by Crippen LogP contribution is -2.42. The van der Waals surface area contributed by atoms with Crippen molar-refractivity contribution in [2.24, 2.45) is 0 Å². The number of rotatable bonds is 14. The summed E-state index contributed by atoms with van der Waals surface area (Å²) in [6, 6.07) is 25.4. The molecule has 0 radical (unpaired) electrons. The highest BCUT2D eigenvalue weighted by Crippen LogP contribution is 2.30. The van der Waals surface area contributed by atoms with Crippen LogP contribution in [0.3, 0.4) is 0 Å². The summed E-state index contributed by atoms with van der Waals surface area (Å²) in [7, 11) is -3.94. The van der Waals surface area contributed by atoms with Crippen LogP contribution in [0.1, 0.15) is 25.5 Å². The standard InChI is InChI=1S/C33H33N7O5S3/c1-2-3-20-40(30(41)22-46-33-36-28-9-4-5-10-29(28)47-33)26-15-17-27(18-16-26)48(44,45)39-24-13-11-23(12-14-24)37-38-32(43)31(42)35-21-25-8-6-7-19-34-25/h4-19,37,39H,2-3,20-22H2,1H3,(H,35,42)(H,38,43). The average Bonchev–Trinajstić information content (AvgIpc) is 3.53. The van der Waals surface area contributed by atoms with E-state index in [0.717, 1.165) is 27.4 Å². The number of unbranched alkanes of at least 4 members (excludes halogenated alkanes) is 1. The SMILES string of the molecule is CCCCN(C(=O)CSc1nc2ccccc2s1)c1ccc(S(=O)(=O)Nc2ccc(NNC(=O)C(=O)NCc3ccccn3)cc2)cc1. The van der Waals surface area contributed by atoms with Crippen LogP contribution >= 0.6 is 23.1 Å². The largest absolute Gasteiger partial charge is 0.342 e. The molecule has 0 aliphatic heterocycles. The highest BCUT2D eigenvalue weighted by atomic mass is 32.2. The molecule has 248 valence electrons. The number of fused-ring (bicyclic) bond motifs is 1. The van der Waals surface area contributed by atoms with Crippen molar-refractivity contribution in [2.75, 3.05) is 27.3 Å². The molecule has 15 heteroatoms. The number of amides is 3. The van der Waals surface area contributed by atoms with Crippen LogP contribution in [0.15, 0.2) is 106 Å². The number of thiazole rings is 1. The van der Waals surface area contributed by atoms with Crippen LogP contribution in [-0.2, 0) is 31.0 Å². The molecule has 2 heterocycles. The molecule has 48 heavy (non-hydrogen) atoms. The van der Waals surface area contributed by atoms with Crippen molar-refractivity contribution >= 4 is 78.1 Å². The maximum atomic E-state index is 13.3. The summed E-state index contributed by atoms with van der Waals surface area (Å²) in [6.45, 7) is 2.66. The van der Waals surface area contributed by atoms with Gasteiger partial charge in [-0.15, -0.1) is 11.3 Å². The fraction of sp³-hybridized carbons (Fsp3) is 0.182. The maximum Gasteiger partial charge on any atom is 0.327 e. The number of anilines is 3. The fourth-order valence-electron chi connectivity index (χ4n) is 4.41. The molecular weight excluding hydrogens is 671 g/mol. The number of para-hydroxylation sites is 1. The summed E-state index contributed by atoms with van der Waals surface area (Å²) in [4.78, 5) is 47.8. The van der Waals surface area contributed by atoms with Gasteiger partial charge in [0.05, 0.1) is 38.8 Å². The number of benzene rings is 3. The number of carbonyl (C=O) groups excluding carboxylic acids is 3. The lowest BCUT2D eigenvalue weighted by Gasteiger charge is -2.23. The second-order valence-corrected chi connectivity index (χ2v) is 14.3. The number of carbonyl (C=O) groups is 3. The van der Waals surface area contributed by atoms with E-state index in [0.29, 0.717) is 23.6 Å². The minimum atomic E-state index is -3.94. The Balaban J connectivity index is 1.14. The van der Waals surface area contributed by atoms with Crippen molar-refractivity contribution in [2.45, 2.75) is 35.5 Å². The van der Waals surface area contributed by atoms with Gasteiger partial charge in [-0.1, -0.05) is 43.3 Å². The molecule has 0 saturated heterocycles. The Morgan fingerprint density at radius 3 is 2.31 bits per heavy atom. The molecule has 5 aromatic rings. The molecule has 0 saturated carbocycles. The molecule has 12 nitrogen and oxygen atoms in total. The van der Waals surface area contributed by atoms with Crippen LogP contribution < -0.4 is 25.8 Å². The quantitative estimate of drug-likeness (QED) is 0.0694. The Morgan fingerprint density at radius 1 is 0.875 bits per heavy atom. The average molecular weight is 704 g/mol. The fourth-order valence-corrected chi connectivity index (χ4v) is 7.41. The van der Waals surface area contributed by atoms with E-state index in [-0.39, 0.29) is 28.8 Å². The number of hydrazine groups is 1. The molecule has 0 fully saturated rings. The summed E-state index contributed by atoms with van der Waals surface area (Å²) in [5, 5.41) is 2.47. The number of pyridine rings is 1. The van der Waals surface area contributed by atoms with Gasteiger partial charge in [-0.25, -0.2) is 13.4 Å². The molecule has 3 aromatic carbocycles. The number of sulfonamides is 1. The molecule has 3 amide bonds. The number of hydrogen-bond donors (Lipinski definition) is 4. The smallest absolute Gasteiger partial charge is 0.327 e. The first-order valence-corrected chi connectivity index (χ1v) is 18.3. The topological polar surface area (TPSA) is 162 Å². The summed E-state index contributed by atoms with van der Waals surface area (Å²) < 4.78 is 30.7. The van der Waals surface area contributed by atoms with Crippen LogP contribution in [-0.4, -0.2) is 48.4 Å². The van der Waals surface area contributed by atoms with E-state index in [4.69, 9.17) is 0 Å². The summed E-state index contributed by atoms with van der Waals surface area (Å²) in [5.41, 5.74) is 7.75. The van der Waals surface area contributed by atoms with Gasteiger partial charge in [-0.3, -0.25) is 34.9 Å². The lowest BCUT2D eigenvalue weighted by atomic mass is 10.2. The minimum absolute atomic E-state index is 0.0316. The second-order valence-electron chi connectivity index (χ2n) is 10.4. The van der Waals surface area contributed by atoms with Gasteiger partial charge in [0.25, 0.3) is 10.0 Å². The van der Waals surface area contributed by atoms with Crippen LogP contribution in [0, 0.1) is 0 Å². The molecule has 0 bridgehead atoms. The number of nitrogens with one attached hydrogen (secondary N) is 4. The number of hydrogen-bond acceptors (Lipinski definition) is 10. The van der Waals surface area contributed by atoms with E-state index in [1.807, 2.05) is 31.2 Å². The zero-order chi connectivity index (χ0) is 33.9. The highest BCUT2D eigenvalue weighted by Gasteiger charge is 2.20. The minimum Gasteiger partial charge on any atom is -0.342 e. The summed E-state index contributed by atoms with van der Waals surface area (Å²) in [5.74, 6) is -1.62. The van der Waals surface area contributed by atoms with Crippen molar-refractivity contribution in [3.05, 3.63) is 103 Å². The normalized spacial score (nSPS) is 11.1. The third kappa shape index (κ3) is 9.30. The summed E-state index contributed by atoms with van der Waals surface area (Å²) in [6.07, 6.45) is 3.28. The van der Waals surface area contributed by atoms with Crippen molar-refractivity contribution in [3.63, 3.8) is 0 Å². The second kappa shape index (κ2) is 16.2. The van der Waals surface area contributed by atoms with Gasteiger partial charge in [0.2, 0.25) is 5.91 Å². The van der Waals surface area contributed by atoms with Crippen LogP contribution in [0.4, 0.5) is 17.1 Å². The van der Waals surface area contributed by atoms with Crippen LogP contribution in [0.25, 0.3) is 10.2 Å². The van der Waals surface area contributed by atoms with E-state index in [1.54, 1.807) is 52.8 Å². The monoisotopic (exact) mass is 703 g/mol. The van der Waals surface area contributed by atoms with Gasteiger partial charge in [0, 0.05) is 24.1 Å². The molecule has 4 N–H and O–H groups in total. The van der Waals surface area contributed by atoms with Crippen LogP contribution in [0.5, 0.6) is 0 Å². The molecule has 0 aliphatic carbocycles. The molecular formula is C33H33N7O5S3. The number of aromatic nitrogens is 2. The van der Waals surface area contributed by atoms with Gasteiger partial charge in [-0.2, -0.15) is 0 Å². The molecule has 0 unspecified atom stereocenters. The van der Waals surface area contributed by atoms with Gasteiger partial charge in [0.15, 0.2) is 4.34 Å². The first kappa shape index (κ1) is 34.3. The third-order valence-electron chi connectivity index (χ3n) is 6.91. The molecule has 0 atom stereocenters. The molecule has 5 rings (SSSR count). The Hall–Kier alpha value is -4.99. The summed E-state index contributed by atoms with van der Waals surface area (Å²) >= 11 is 2.94. The van der Waals surface area contributed by atoms with Gasteiger partial charge in [-0.05, 0) is 79.2 Å². The predicted molar refractivity (Wildman–Crippen MR) is 189 cm³/mol. The maximum absolute atomic E-state index is 13.3. The third-order valence-corrected chi connectivity index (χ3v) is 10.5. The zero-order valence-electron chi connectivity index (χ0n) is 25.9. The van der Waals surface area contributed by atoms with Crippen molar-refractivity contribution in [1.29, 1.82) is 0 Å². The Kier molecular flexibility index (Phi) is 11.6. The molecule has 2 aromatic heterocycles. The van der Waals surface area contributed by atoms with Gasteiger partial charge in [0.1, 0.15) is 0 Å². The van der Waals surface area contributed by atoms with Gasteiger partial charge >= 0.3 is 11.8 Å². The van der Waals surface area contributed by atoms with E-state index >= 15 is 0 Å². The first-order valence-electron chi connectivity index (χ1n) is 15.0. The number of thioether (sulfide) groups is 1. The van der Waals surface area contributed by atoms with Gasteiger partial charge < -0.3 is 10.2 Å². The van der Waals surface area contributed by atoms with E-state index in [9.17, 15) is 22.8 Å². The molecule has 0 spiro atoms. The molecule has 0 aliphatic rings. The Bertz CT molecular complexity index is 1940. The van der Waals surface area contributed by atoms with Crippen molar-refractivity contribution in [1.82, 2.24) is 20.7 Å².